The van der Waals surface area contributed by atoms with Gasteiger partial charge in [0.1, 0.15) is 11.6 Å². The van der Waals surface area contributed by atoms with E-state index >= 15 is 0 Å². The predicted octanol–water partition coefficient (Wildman–Crippen LogP) is 1.81. The van der Waals surface area contributed by atoms with Crippen LogP contribution in [-0.2, 0) is 0 Å². The molecule has 3 N–H and O–H groups in total. The van der Waals surface area contributed by atoms with Crippen molar-refractivity contribution < 1.29 is 0 Å². The zero-order chi connectivity index (χ0) is 11.5. The van der Waals surface area contributed by atoms with E-state index in [1.807, 2.05) is 26.0 Å². The number of hydrogen-bond acceptors (Lipinski definition) is 5. The zero-order valence-corrected chi connectivity index (χ0v) is 9.23. The minimum absolute atomic E-state index is 0.407. The van der Waals surface area contributed by atoms with Crippen LogP contribution >= 0.6 is 0 Å². The van der Waals surface area contributed by atoms with E-state index < -0.39 is 0 Å². The van der Waals surface area contributed by atoms with Crippen molar-refractivity contribution in [1.82, 2.24) is 15.0 Å². The summed E-state index contributed by atoms with van der Waals surface area (Å²) in [6.07, 6.45) is 3.11. The topological polar surface area (TPSA) is 76.7 Å². The molecule has 0 bridgehead atoms. The Bertz CT molecular complexity index is 492. The van der Waals surface area contributed by atoms with Crippen molar-refractivity contribution in [3.05, 3.63) is 35.9 Å². The monoisotopic (exact) mass is 215 g/mol. The number of anilines is 3. The highest BCUT2D eigenvalue weighted by Crippen LogP contribution is 2.17. The number of rotatable bonds is 2. The molecule has 16 heavy (non-hydrogen) atoms. The Kier molecular flexibility index (Phi) is 2.68. The maximum atomic E-state index is 5.46. The molecule has 0 saturated heterocycles. The van der Waals surface area contributed by atoms with Crippen LogP contribution in [0.5, 0.6) is 0 Å². The first-order valence-electron chi connectivity index (χ1n) is 4.94. The number of nitrogens with zero attached hydrogens (tertiary/aromatic N) is 3. The average molecular weight is 215 g/mol. The minimum Gasteiger partial charge on any atom is -0.382 e. The van der Waals surface area contributed by atoms with Crippen molar-refractivity contribution in [2.24, 2.45) is 0 Å². The molecule has 0 aliphatic carbocycles. The molecule has 0 radical (unpaired) electrons. The molecule has 0 spiro atoms. The van der Waals surface area contributed by atoms with Crippen LogP contribution in [0.15, 0.2) is 24.5 Å². The standard InChI is InChI=1S/C11H13N5/c1-7-3-4-9(8(2)15-7)16-11-6-13-10(12)5-14-11/h3-6H,1-2H3,(H2,12,13)(H,14,16). The smallest absolute Gasteiger partial charge is 0.149 e. The number of nitrogens with two attached hydrogens (primary N) is 1. The summed E-state index contributed by atoms with van der Waals surface area (Å²) < 4.78 is 0. The molecule has 0 unspecified atom stereocenters. The molecule has 82 valence electrons. The van der Waals surface area contributed by atoms with E-state index in [0.717, 1.165) is 17.1 Å². The molecule has 0 aliphatic heterocycles. The van der Waals surface area contributed by atoms with Gasteiger partial charge in [0, 0.05) is 5.69 Å². The molecule has 2 aromatic heterocycles. The molecule has 0 amide bonds. The summed E-state index contributed by atoms with van der Waals surface area (Å²) >= 11 is 0. The third-order valence-electron chi connectivity index (χ3n) is 2.16. The fourth-order valence-corrected chi connectivity index (χ4v) is 1.36. The SMILES string of the molecule is Cc1ccc(Nc2cnc(N)cn2)c(C)n1. The highest BCUT2D eigenvalue weighted by molar-refractivity contribution is 5.58. The molecule has 0 aromatic carbocycles. The van der Waals surface area contributed by atoms with E-state index in [0.29, 0.717) is 11.6 Å². The summed E-state index contributed by atoms with van der Waals surface area (Å²) in [5.74, 6) is 1.06. The molecule has 5 heteroatoms. The van der Waals surface area contributed by atoms with Gasteiger partial charge in [-0.2, -0.15) is 0 Å². The van der Waals surface area contributed by atoms with Crippen molar-refractivity contribution in [3.63, 3.8) is 0 Å². The van der Waals surface area contributed by atoms with E-state index in [9.17, 15) is 0 Å². The molecular formula is C11H13N5. The van der Waals surface area contributed by atoms with Crippen molar-refractivity contribution in [2.45, 2.75) is 13.8 Å². The summed E-state index contributed by atoms with van der Waals surface area (Å²) in [7, 11) is 0. The molecule has 0 saturated carbocycles. The first-order chi connectivity index (χ1) is 7.65. The quantitative estimate of drug-likeness (QED) is 0.799. The molecule has 2 heterocycles. The fraction of sp³-hybridized carbons (Fsp3) is 0.182. The largest absolute Gasteiger partial charge is 0.382 e. The Labute approximate surface area is 93.8 Å². The van der Waals surface area contributed by atoms with Crippen molar-refractivity contribution in [2.75, 3.05) is 11.1 Å². The van der Waals surface area contributed by atoms with Gasteiger partial charge in [-0.25, -0.2) is 9.97 Å². The van der Waals surface area contributed by atoms with Gasteiger partial charge < -0.3 is 11.1 Å². The summed E-state index contributed by atoms with van der Waals surface area (Å²) in [5, 5.41) is 3.13. The summed E-state index contributed by atoms with van der Waals surface area (Å²) in [5.41, 5.74) is 8.30. The van der Waals surface area contributed by atoms with Crippen LogP contribution in [0.1, 0.15) is 11.4 Å². The number of hydrogen-bond donors (Lipinski definition) is 2. The predicted molar refractivity (Wildman–Crippen MR) is 63.4 cm³/mol. The van der Waals surface area contributed by atoms with Gasteiger partial charge in [-0.05, 0) is 26.0 Å². The fourth-order valence-electron chi connectivity index (χ4n) is 1.36. The summed E-state index contributed by atoms with van der Waals surface area (Å²) in [6, 6.07) is 3.91. The lowest BCUT2D eigenvalue weighted by atomic mass is 10.3. The molecule has 2 rings (SSSR count). The van der Waals surface area contributed by atoms with E-state index in [1.165, 1.54) is 6.20 Å². The van der Waals surface area contributed by atoms with Gasteiger partial charge in [-0.3, -0.25) is 4.98 Å². The van der Waals surface area contributed by atoms with E-state index in [4.69, 9.17) is 5.73 Å². The number of aryl methyl sites for hydroxylation is 2. The first kappa shape index (κ1) is 10.4. The maximum Gasteiger partial charge on any atom is 0.149 e. The molecule has 0 atom stereocenters. The highest BCUT2D eigenvalue weighted by Gasteiger charge is 2.01. The van der Waals surface area contributed by atoms with Gasteiger partial charge in [0.2, 0.25) is 0 Å². The van der Waals surface area contributed by atoms with Gasteiger partial charge >= 0.3 is 0 Å². The number of pyridine rings is 1. The van der Waals surface area contributed by atoms with Gasteiger partial charge in [-0.1, -0.05) is 0 Å². The third kappa shape index (κ3) is 2.25. The second kappa shape index (κ2) is 4.14. The summed E-state index contributed by atoms with van der Waals surface area (Å²) in [4.78, 5) is 12.4. The Morgan fingerprint density at radius 1 is 1.12 bits per heavy atom. The van der Waals surface area contributed by atoms with Gasteiger partial charge in [0.25, 0.3) is 0 Å². The van der Waals surface area contributed by atoms with Crippen LogP contribution < -0.4 is 11.1 Å². The van der Waals surface area contributed by atoms with Crippen LogP contribution in [0.3, 0.4) is 0 Å². The maximum absolute atomic E-state index is 5.46. The van der Waals surface area contributed by atoms with Crippen LogP contribution in [0.2, 0.25) is 0 Å². The molecule has 2 aromatic rings. The lowest BCUT2D eigenvalue weighted by molar-refractivity contribution is 1.12. The Hall–Kier alpha value is -2.17. The van der Waals surface area contributed by atoms with Gasteiger partial charge in [-0.15, -0.1) is 0 Å². The molecule has 0 aliphatic rings. The van der Waals surface area contributed by atoms with E-state index in [1.54, 1.807) is 6.20 Å². The van der Waals surface area contributed by atoms with E-state index in [-0.39, 0.29) is 0 Å². The van der Waals surface area contributed by atoms with E-state index in [2.05, 4.69) is 20.3 Å². The molecule has 5 nitrogen and oxygen atoms in total. The van der Waals surface area contributed by atoms with Crippen LogP contribution in [-0.4, -0.2) is 15.0 Å². The highest BCUT2D eigenvalue weighted by atomic mass is 15.0. The number of nitrogen functional groups attached to an aromatic ring is 1. The number of nitrogens with one attached hydrogen (secondary N) is 1. The molecule has 0 fully saturated rings. The van der Waals surface area contributed by atoms with Crippen LogP contribution in [0.25, 0.3) is 0 Å². The van der Waals surface area contributed by atoms with Crippen LogP contribution in [0, 0.1) is 13.8 Å². The lowest BCUT2D eigenvalue weighted by Crippen LogP contribution is -2.00. The van der Waals surface area contributed by atoms with Gasteiger partial charge in [0.15, 0.2) is 0 Å². The van der Waals surface area contributed by atoms with Gasteiger partial charge in [0.05, 0.1) is 23.8 Å². The normalized spacial score (nSPS) is 10.1. The second-order valence-corrected chi connectivity index (χ2v) is 3.54. The number of aromatic nitrogens is 3. The second-order valence-electron chi connectivity index (χ2n) is 3.54. The Balaban J connectivity index is 2.23. The average Bonchev–Trinajstić information content (AvgIpc) is 2.25. The first-order valence-corrected chi connectivity index (χ1v) is 4.94. The van der Waals surface area contributed by atoms with Crippen molar-refractivity contribution >= 4 is 17.3 Å². The summed E-state index contributed by atoms with van der Waals surface area (Å²) in [6.45, 7) is 3.90. The lowest BCUT2D eigenvalue weighted by Gasteiger charge is -2.08. The molecular weight excluding hydrogens is 202 g/mol. The third-order valence-corrected chi connectivity index (χ3v) is 2.16. The zero-order valence-electron chi connectivity index (χ0n) is 9.23. The minimum atomic E-state index is 0.407. The Morgan fingerprint density at radius 2 is 1.94 bits per heavy atom. The van der Waals surface area contributed by atoms with Crippen molar-refractivity contribution in [3.8, 4) is 0 Å². The Morgan fingerprint density at radius 3 is 2.56 bits per heavy atom. The van der Waals surface area contributed by atoms with Crippen LogP contribution in [0.4, 0.5) is 17.3 Å². The van der Waals surface area contributed by atoms with Crippen molar-refractivity contribution in [1.29, 1.82) is 0 Å².